The average molecular weight is 501 g/mol. The van der Waals surface area contributed by atoms with Crippen LogP contribution in [0, 0.1) is 6.92 Å². The monoisotopic (exact) mass is 500 g/mol. The maximum Gasteiger partial charge on any atom is 0.280 e. The van der Waals surface area contributed by atoms with Crippen molar-refractivity contribution in [3.05, 3.63) is 106 Å². The van der Waals surface area contributed by atoms with E-state index < -0.39 is 0 Å². The molecule has 0 aliphatic heterocycles. The second-order valence-electron chi connectivity index (χ2n) is 8.51. The molecular weight excluding hydrogens is 476 g/mol. The number of aryl methyl sites for hydroxylation is 2. The lowest BCUT2D eigenvalue weighted by molar-refractivity contribution is -0.121. The lowest BCUT2D eigenvalue weighted by Crippen LogP contribution is -2.26. The molecule has 0 saturated carbocycles. The maximum atomic E-state index is 13.6. The molecular formula is C27H25ClN6O2. The van der Waals surface area contributed by atoms with Gasteiger partial charge in [-0.3, -0.25) is 9.59 Å². The van der Waals surface area contributed by atoms with Crippen molar-refractivity contribution in [1.29, 1.82) is 0 Å². The molecule has 182 valence electrons. The topological polar surface area (TPSA) is 86.7 Å². The van der Waals surface area contributed by atoms with Gasteiger partial charge in [0.05, 0.1) is 11.4 Å². The SMILES string of the molecule is Cc1nn(CCCC(=O)NCc2ccc(Cl)cc2)c(=O)c2c(-n3cccc3)n(-c3ccccc3)nc12. The highest BCUT2D eigenvalue weighted by atomic mass is 35.5. The van der Waals surface area contributed by atoms with Gasteiger partial charge < -0.3 is 9.88 Å². The number of nitrogens with zero attached hydrogens (tertiary/aromatic N) is 5. The van der Waals surface area contributed by atoms with Crippen molar-refractivity contribution < 1.29 is 4.79 Å². The van der Waals surface area contributed by atoms with Crippen molar-refractivity contribution in [3.63, 3.8) is 0 Å². The van der Waals surface area contributed by atoms with E-state index in [-0.39, 0.29) is 17.9 Å². The van der Waals surface area contributed by atoms with Crippen LogP contribution in [0.2, 0.25) is 5.02 Å². The molecule has 0 unspecified atom stereocenters. The second kappa shape index (κ2) is 10.2. The summed E-state index contributed by atoms with van der Waals surface area (Å²) >= 11 is 5.90. The summed E-state index contributed by atoms with van der Waals surface area (Å²) in [5, 5.41) is 13.3. The van der Waals surface area contributed by atoms with Crippen molar-refractivity contribution in [2.24, 2.45) is 0 Å². The Balaban J connectivity index is 1.39. The Morgan fingerprint density at radius 2 is 1.69 bits per heavy atom. The Kier molecular flexibility index (Phi) is 6.69. The molecule has 0 radical (unpaired) electrons. The summed E-state index contributed by atoms with van der Waals surface area (Å²) < 4.78 is 5.10. The van der Waals surface area contributed by atoms with Crippen LogP contribution in [0.3, 0.4) is 0 Å². The van der Waals surface area contributed by atoms with Crippen molar-refractivity contribution in [1.82, 2.24) is 29.4 Å². The Bertz CT molecular complexity index is 1550. The maximum absolute atomic E-state index is 13.6. The van der Waals surface area contributed by atoms with Gasteiger partial charge in [0.1, 0.15) is 10.9 Å². The molecule has 0 aliphatic carbocycles. The Labute approximate surface area is 212 Å². The summed E-state index contributed by atoms with van der Waals surface area (Å²) in [7, 11) is 0. The third-order valence-electron chi connectivity index (χ3n) is 5.95. The van der Waals surface area contributed by atoms with Crippen molar-refractivity contribution in [2.75, 3.05) is 0 Å². The summed E-state index contributed by atoms with van der Waals surface area (Å²) in [5.74, 6) is 0.576. The molecule has 0 atom stereocenters. The van der Waals surface area contributed by atoms with Gasteiger partial charge in [0, 0.05) is 36.9 Å². The summed E-state index contributed by atoms with van der Waals surface area (Å²) in [6, 6.07) is 20.9. The molecule has 1 N–H and O–H groups in total. The first-order chi connectivity index (χ1) is 17.5. The highest BCUT2D eigenvalue weighted by molar-refractivity contribution is 6.30. The number of aromatic nitrogens is 5. The van der Waals surface area contributed by atoms with Gasteiger partial charge in [-0.1, -0.05) is 41.9 Å². The van der Waals surface area contributed by atoms with Gasteiger partial charge in [-0.2, -0.15) is 10.2 Å². The quantitative estimate of drug-likeness (QED) is 0.341. The number of carbonyl (C=O) groups is 1. The lowest BCUT2D eigenvalue weighted by Gasteiger charge is -2.09. The lowest BCUT2D eigenvalue weighted by atomic mass is 10.2. The number of nitrogens with one attached hydrogen (secondary N) is 1. The van der Waals surface area contributed by atoms with Crippen LogP contribution in [-0.4, -0.2) is 30.0 Å². The number of rotatable bonds is 8. The number of carbonyl (C=O) groups excluding carboxylic acids is 1. The van der Waals surface area contributed by atoms with E-state index in [0.29, 0.717) is 46.9 Å². The van der Waals surface area contributed by atoms with Gasteiger partial charge in [0.15, 0.2) is 5.82 Å². The minimum Gasteiger partial charge on any atom is -0.352 e. The van der Waals surface area contributed by atoms with Gasteiger partial charge in [-0.15, -0.1) is 0 Å². The second-order valence-corrected chi connectivity index (χ2v) is 8.94. The first-order valence-electron chi connectivity index (χ1n) is 11.7. The van der Waals surface area contributed by atoms with Crippen LogP contribution in [0.4, 0.5) is 0 Å². The summed E-state index contributed by atoms with van der Waals surface area (Å²) in [6.07, 6.45) is 4.55. The van der Waals surface area contributed by atoms with E-state index in [1.54, 1.807) is 16.8 Å². The van der Waals surface area contributed by atoms with Crippen molar-refractivity contribution in [3.8, 4) is 11.5 Å². The van der Waals surface area contributed by atoms with E-state index >= 15 is 0 Å². The molecule has 0 bridgehead atoms. The number of hydrogen-bond acceptors (Lipinski definition) is 4. The molecule has 0 saturated heterocycles. The fourth-order valence-corrected chi connectivity index (χ4v) is 4.28. The zero-order valence-corrected chi connectivity index (χ0v) is 20.5. The van der Waals surface area contributed by atoms with Gasteiger partial charge in [0.2, 0.25) is 5.91 Å². The van der Waals surface area contributed by atoms with E-state index in [9.17, 15) is 9.59 Å². The van der Waals surface area contributed by atoms with Gasteiger partial charge in [-0.25, -0.2) is 9.36 Å². The van der Waals surface area contributed by atoms with E-state index in [0.717, 1.165) is 11.3 Å². The zero-order chi connectivity index (χ0) is 25.1. The number of halogens is 1. The number of hydrogen-bond donors (Lipinski definition) is 1. The molecule has 36 heavy (non-hydrogen) atoms. The van der Waals surface area contributed by atoms with Gasteiger partial charge >= 0.3 is 0 Å². The molecule has 3 heterocycles. The molecule has 3 aromatic heterocycles. The Morgan fingerprint density at radius 1 is 0.972 bits per heavy atom. The van der Waals surface area contributed by atoms with Crippen LogP contribution < -0.4 is 10.9 Å². The molecule has 0 fully saturated rings. The molecule has 5 rings (SSSR count). The smallest absolute Gasteiger partial charge is 0.280 e. The molecule has 1 amide bonds. The molecule has 5 aromatic rings. The first kappa shape index (κ1) is 23.6. The normalized spacial score (nSPS) is 11.2. The van der Waals surface area contributed by atoms with Crippen molar-refractivity contribution >= 4 is 28.4 Å². The highest BCUT2D eigenvalue weighted by Crippen LogP contribution is 2.24. The molecule has 0 spiro atoms. The van der Waals surface area contributed by atoms with E-state index in [4.69, 9.17) is 16.7 Å². The zero-order valence-electron chi connectivity index (χ0n) is 19.8. The molecule has 8 nitrogen and oxygen atoms in total. The van der Waals surface area contributed by atoms with Crippen molar-refractivity contribution in [2.45, 2.75) is 32.9 Å². The van der Waals surface area contributed by atoms with Crippen LogP contribution in [0.25, 0.3) is 22.4 Å². The third kappa shape index (κ3) is 4.81. The molecule has 0 aliphatic rings. The first-order valence-corrected chi connectivity index (χ1v) is 12.1. The van der Waals surface area contributed by atoms with Gasteiger partial charge in [-0.05, 0) is 55.3 Å². The Hall–Kier alpha value is -4.17. The summed E-state index contributed by atoms with van der Waals surface area (Å²) in [6.45, 7) is 2.60. The van der Waals surface area contributed by atoms with Crippen LogP contribution in [0.1, 0.15) is 24.1 Å². The van der Waals surface area contributed by atoms with Crippen LogP contribution in [-0.2, 0) is 17.9 Å². The predicted octanol–water partition coefficient (Wildman–Crippen LogP) is 4.43. The van der Waals surface area contributed by atoms with Gasteiger partial charge in [0.25, 0.3) is 5.56 Å². The number of fused-ring (bicyclic) bond motifs is 1. The average Bonchev–Trinajstić information content (AvgIpc) is 3.55. The van der Waals surface area contributed by atoms with Crippen LogP contribution in [0.15, 0.2) is 83.9 Å². The summed E-state index contributed by atoms with van der Waals surface area (Å²) in [5.41, 5.74) is 2.80. The number of amides is 1. The van der Waals surface area contributed by atoms with E-state index in [1.807, 2.05) is 78.5 Å². The Morgan fingerprint density at radius 3 is 2.42 bits per heavy atom. The standard InChI is InChI=1S/C27H25ClN6O2/c1-19-25-24(26(32-15-5-6-16-32)34(31-25)22-8-3-2-4-9-22)27(36)33(30-19)17-7-10-23(35)29-18-20-11-13-21(28)14-12-20/h2-6,8-9,11-16H,7,10,17-18H2,1H3,(H,29,35). The fraction of sp³-hybridized carbons (Fsp3) is 0.185. The minimum absolute atomic E-state index is 0.0827. The fourth-order valence-electron chi connectivity index (χ4n) is 4.16. The molecule has 2 aromatic carbocycles. The number of para-hydroxylation sites is 1. The minimum atomic E-state index is -0.233. The van der Waals surface area contributed by atoms with E-state index in [2.05, 4.69) is 10.4 Å². The number of benzene rings is 2. The molecule has 9 heteroatoms. The van der Waals surface area contributed by atoms with Crippen LogP contribution in [0.5, 0.6) is 0 Å². The summed E-state index contributed by atoms with van der Waals surface area (Å²) in [4.78, 5) is 25.9. The van der Waals surface area contributed by atoms with Crippen LogP contribution >= 0.6 is 11.6 Å². The third-order valence-corrected chi connectivity index (χ3v) is 6.20. The van der Waals surface area contributed by atoms with E-state index in [1.165, 1.54) is 4.68 Å². The highest BCUT2D eigenvalue weighted by Gasteiger charge is 2.21. The predicted molar refractivity (Wildman–Crippen MR) is 140 cm³/mol. The largest absolute Gasteiger partial charge is 0.352 e.